The number of fused-ring (bicyclic) bond motifs is 1. The highest BCUT2D eigenvalue weighted by molar-refractivity contribution is 7.91. The number of amides is 1. The number of sulfonamides is 1. The maximum absolute atomic E-state index is 12.9. The van der Waals surface area contributed by atoms with E-state index in [4.69, 9.17) is 9.15 Å². The van der Waals surface area contributed by atoms with E-state index >= 15 is 0 Å². The summed E-state index contributed by atoms with van der Waals surface area (Å²) < 4.78 is 38.6. The first-order valence-corrected chi connectivity index (χ1v) is 13.1. The first kappa shape index (κ1) is 21.1. The monoisotopic (exact) mass is 489 g/mol. The molecule has 0 spiro atoms. The molecule has 5 rings (SSSR count). The van der Waals surface area contributed by atoms with Crippen molar-refractivity contribution in [2.75, 3.05) is 19.0 Å². The highest BCUT2D eigenvalue weighted by atomic mass is 32.2. The number of ether oxygens (including phenoxy) is 1. The van der Waals surface area contributed by atoms with Crippen molar-refractivity contribution in [1.82, 2.24) is 9.29 Å². The number of hydrogen-bond acceptors (Lipinski definition) is 8. The molecule has 1 fully saturated rings. The summed E-state index contributed by atoms with van der Waals surface area (Å²) in [5.74, 6) is 0.810. The molecule has 4 heterocycles. The van der Waals surface area contributed by atoms with Crippen LogP contribution in [-0.2, 0) is 14.8 Å². The van der Waals surface area contributed by atoms with Gasteiger partial charge in [-0.2, -0.15) is 4.31 Å². The van der Waals surface area contributed by atoms with Crippen LogP contribution in [-0.4, -0.2) is 43.3 Å². The molecule has 166 valence electrons. The molecule has 1 saturated heterocycles. The highest BCUT2D eigenvalue weighted by Crippen LogP contribution is 2.35. The van der Waals surface area contributed by atoms with E-state index in [1.165, 1.54) is 15.6 Å². The molecule has 11 heteroatoms. The largest absolute Gasteiger partial charge is 0.493 e. The van der Waals surface area contributed by atoms with Crippen LogP contribution in [0.25, 0.3) is 22.4 Å². The van der Waals surface area contributed by atoms with Crippen LogP contribution in [0.1, 0.15) is 12.8 Å². The molecule has 0 radical (unpaired) electrons. The van der Waals surface area contributed by atoms with Crippen LogP contribution in [0, 0.1) is 0 Å². The Kier molecular flexibility index (Phi) is 5.49. The van der Waals surface area contributed by atoms with Crippen molar-refractivity contribution in [3.05, 3.63) is 47.2 Å². The molecular formula is C21H19N3O5S3. The second-order valence-electron chi connectivity index (χ2n) is 7.22. The summed E-state index contributed by atoms with van der Waals surface area (Å²) >= 11 is 2.41. The number of carbonyl (C=O) groups excluding carboxylic acids is 1. The Hall–Kier alpha value is -2.73. The van der Waals surface area contributed by atoms with Gasteiger partial charge in [0.15, 0.2) is 22.2 Å². The standard InChI is InChI=1S/C21H19N3O5S3/c1-28-16-7-2-5-13-11-17(29-19(13)16)14-12-31-21(22-14)23-20(25)15-6-3-9-24(15)32(26,27)18-8-4-10-30-18/h2,4-5,7-8,10-12,15H,3,6,9H2,1H3,(H,22,23,25). The number of thiophene rings is 1. The van der Waals surface area contributed by atoms with E-state index in [1.54, 1.807) is 30.0 Å². The van der Waals surface area contributed by atoms with Gasteiger partial charge in [-0.05, 0) is 36.4 Å². The summed E-state index contributed by atoms with van der Waals surface area (Å²) in [7, 11) is -2.11. The van der Waals surface area contributed by atoms with E-state index in [0.717, 1.165) is 16.7 Å². The number of para-hydroxylation sites is 1. The molecule has 0 saturated carbocycles. The molecule has 1 aromatic carbocycles. The first-order chi connectivity index (χ1) is 15.5. The van der Waals surface area contributed by atoms with Crippen LogP contribution in [0.5, 0.6) is 5.75 Å². The molecule has 4 aromatic rings. The third-order valence-electron chi connectivity index (χ3n) is 5.28. The Morgan fingerprint density at radius 2 is 2.16 bits per heavy atom. The van der Waals surface area contributed by atoms with Crippen molar-refractivity contribution >= 4 is 54.7 Å². The summed E-state index contributed by atoms with van der Waals surface area (Å²) in [6.45, 7) is 0.322. The smallest absolute Gasteiger partial charge is 0.253 e. The number of thiazole rings is 1. The summed E-state index contributed by atoms with van der Waals surface area (Å²) in [5.41, 5.74) is 1.21. The van der Waals surface area contributed by atoms with Gasteiger partial charge in [-0.3, -0.25) is 4.79 Å². The molecule has 0 bridgehead atoms. The van der Waals surface area contributed by atoms with Crippen LogP contribution in [0.3, 0.4) is 0 Å². The number of methoxy groups -OCH3 is 1. The van der Waals surface area contributed by atoms with Gasteiger partial charge in [0.1, 0.15) is 15.9 Å². The van der Waals surface area contributed by atoms with Gasteiger partial charge in [-0.15, -0.1) is 22.7 Å². The predicted octanol–water partition coefficient (Wildman–Crippen LogP) is 4.42. The minimum Gasteiger partial charge on any atom is -0.493 e. The number of rotatable bonds is 6. The number of furan rings is 1. The molecule has 1 atom stereocenters. The van der Waals surface area contributed by atoms with E-state index in [2.05, 4.69) is 10.3 Å². The van der Waals surface area contributed by atoms with Gasteiger partial charge in [0.05, 0.1) is 7.11 Å². The van der Waals surface area contributed by atoms with Gasteiger partial charge in [0, 0.05) is 17.3 Å². The van der Waals surface area contributed by atoms with Gasteiger partial charge in [0.25, 0.3) is 10.0 Å². The average molecular weight is 490 g/mol. The molecule has 1 aliphatic rings. The van der Waals surface area contributed by atoms with Crippen molar-refractivity contribution in [1.29, 1.82) is 0 Å². The summed E-state index contributed by atoms with van der Waals surface area (Å²) in [5, 5.41) is 7.55. The molecule has 1 unspecified atom stereocenters. The lowest BCUT2D eigenvalue weighted by atomic mass is 10.2. The lowest BCUT2D eigenvalue weighted by Gasteiger charge is -2.22. The molecule has 1 N–H and O–H groups in total. The van der Waals surface area contributed by atoms with Crippen molar-refractivity contribution in [3.63, 3.8) is 0 Å². The number of aromatic nitrogens is 1. The minimum atomic E-state index is -3.69. The minimum absolute atomic E-state index is 0.244. The van der Waals surface area contributed by atoms with Gasteiger partial charge in [-0.1, -0.05) is 18.2 Å². The van der Waals surface area contributed by atoms with E-state index in [-0.39, 0.29) is 10.1 Å². The van der Waals surface area contributed by atoms with Gasteiger partial charge in [0.2, 0.25) is 5.91 Å². The van der Waals surface area contributed by atoms with Crippen molar-refractivity contribution < 1.29 is 22.4 Å². The van der Waals surface area contributed by atoms with Crippen molar-refractivity contribution in [3.8, 4) is 17.2 Å². The SMILES string of the molecule is COc1cccc2cc(-c3csc(NC(=O)C4CCCN4S(=O)(=O)c4cccs4)n3)oc12. The predicted molar refractivity (Wildman–Crippen MR) is 124 cm³/mol. The van der Waals surface area contributed by atoms with Gasteiger partial charge >= 0.3 is 0 Å². The zero-order chi connectivity index (χ0) is 22.3. The number of nitrogens with one attached hydrogen (secondary N) is 1. The normalized spacial score (nSPS) is 17.1. The number of carbonyl (C=O) groups is 1. The van der Waals surface area contributed by atoms with E-state index in [0.29, 0.717) is 47.3 Å². The third-order valence-corrected chi connectivity index (χ3v) is 9.32. The molecule has 8 nitrogen and oxygen atoms in total. The van der Waals surface area contributed by atoms with Crippen LogP contribution < -0.4 is 10.1 Å². The summed E-state index contributed by atoms with van der Waals surface area (Å²) in [6.07, 6.45) is 1.10. The number of hydrogen-bond donors (Lipinski definition) is 1. The van der Waals surface area contributed by atoms with Gasteiger partial charge in [-0.25, -0.2) is 13.4 Å². The Labute approximate surface area is 192 Å². The zero-order valence-electron chi connectivity index (χ0n) is 17.0. The molecule has 1 amide bonds. The summed E-state index contributed by atoms with van der Waals surface area (Å²) in [6, 6.07) is 9.97. The quantitative estimate of drug-likeness (QED) is 0.430. The number of anilines is 1. The van der Waals surface area contributed by atoms with Crippen LogP contribution in [0.15, 0.2) is 55.8 Å². The lowest BCUT2D eigenvalue weighted by Crippen LogP contribution is -2.42. The van der Waals surface area contributed by atoms with Gasteiger partial charge < -0.3 is 14.5 Å². The Balaban J connectivity index is 1.35. The fourth-order valence-electron chi connectivity index (χ4n) is 3.77. The Morgan fingerprint density at radius 1 is 1.28 bits per heavy atom. The number of nitrogens with zero attached hydrogens (tertiary/aromatic N) is 2. The summed E-state index contributed by atoms with van der Waals surface area (Å²) in [4.78, 5) is 17.4. The second-order valence-corrected chi connectivity index (χ2v) is 11.1. The molecule has 32 heavy (non-hydrogen) atoms. The van der Waals surface area contributed by atoms with E-state index < -0.39 is 16.1 Å². The van der Waals surface area contributed by atoms with Crippen molar-refractivity contribution in [2.24, 2.45) is 0 Å². The first-order valence-electron chi connectivity index (χ1n) is 9.86. The van der Waals surface area contributed by atoms with Crippen molar-refractivity contribution in [2.45, 2.75) is 23.1 Å². The maximum Gasteiger partial charge on any atom is 0.253 e. The highest BCUT2D eigenvalue weighted by Gasteiger charge is 2.40. The maximum atomic E-state index is 12.9. The fourth-order valence-corrected chi connectivity index (χ4v) is 7.25. The van der Waals surface area contributed by atoms with Crippen LogP contribution in [0.4, 0.5) is 5.13 Å². The van der Waals surface area contributed by atoms with E-state index in [1.807, 2.05) is 24.3 Å². The topological polar surface area (TPSA) is 102 Å². The Bertz CT molecular complexity index is 1370. The second kappa shape index (κ2) is 8.32. The van der Waals surface area contributed by atoms with E-state index in [9.17, 15) is 13.2 Å². The fraction of sp³-hybridized carbons (Fsp3) is 0.238. The third kappa shape index (κ3) is 3.71. The molecule has 1 aliphatic heterocycles. The zero-order valence-corrected chi connectivity index (χ0v) is 19.4. The van der Waals surface area contributed by atoms with Crippen LogP contribution in [0.2, 0.25) is 0 Å². The molecule has 0 aliphatic carbocycles. The average Bonchev–Trinajstić information content (AvgIpc) is 3.58. The number of benzene rings is 1. The Morgan fingerprint density at radius 3 is 2.94 bits per heavy atom. The molecular weight excluding hydrogens is 470 g/mol. The van der Waals surface area contributed by atoms with Crippen LogP contribution >= 0.6 is 22.7 Å². The molecule has 3 aromatic heterocycles. The lowest BCUT2D eigenvalue weighted by molar-refractivity contribution is -0.119.